The maximum atomic E-state index is 11.7. The van der Waals surface area contributed by atoms with Gasteiger partial charge in [0.1, 0.15) is 0 Å². The van der Waals surface area contributed by atoms with Crippen molar-refractivity contribution in [2.75, 3.05) is 26.3 Å². The number of hydrogen-bond donors (Lipinski definition) is 2. The van der Waals surface area contributed by atoms with Gasteiger partial charge < -0.3 is 15.4 Å². The molecule has 1 fully saturated rings. The zero-order valence-corrected chi connectivity index (χ0v) is 12.9. The number of carbonyl (C=O) groups excluding carboxylic acids is 1. The quantitative estimate of drug-likeness (QED) is 0.869. The lowest BCUT2D eigenvalue weighted by Crippen LogP contribution is -2.44. The number of morpholine rings is 1. The predicted molar refractivity (Wildman–Crippen MR) is 80.5 cm³/mol. The average molecular weight is 325 g/mol. The molecule has 1 saturated heterocycles. The Bertz CT molecular complexity index is 395. The van der Waals surface area contributed by atoms with E-state index in [0.717, 1.165) is 23.9 Å². The van der Waals surface area contributed by atoms with Gasteiger partial charge in [-0.3, -0.25) is 4.79 Å². The molecule has 108 valence electrons. The molecule has 7 heteroatoms. The van der Waals surface area contributed by atoms with Crippen molar-refractivity contribution in [3.8, 4) is 0 Å². The molecular formula is C12H18Cl2N2O2S. The lowest BCUT2D eigenvalue weighted by molar-refractivity contribution is -0.122. The third-order valence-corrected chi connectivity index (χ3v) is 4.04. The minimum absolute atomic E-state index is 0. The summed E-state index contributed by atoms with van der Waals surface area (Å²) in [6, 6.07) is 4.03. The number of ether oxygens (including phenoxy) is 1. The second-order valence-electron chi connectivity index (χ2n) is 4.24. The first kappa shape index (κ1) is 16.7. The van der Waals surface area contributed by atoms with Crippen molar-refractivity contribution < 1.29 is 9.53 Å². The van der Waals surface area contributed by atoms with Crippen LogP contribution in [0.1, 0.15) is 11.3 Å². The number of nitrogens with one attached hydrogen (secondary N) is 2. The van der Waals surface area contributed by atoms with E-state index in [1.807, 2.05) is 12.1 Å². The predicted octanol–water partition coefficient (Wildman–Crippen LogP) is 1.86. The number of hydrogen-bond acceptors (Lipinski definition) is 4. The molecule has 0 aromatic carbocycles. The molecule has 1 aliphatic rings. The Morgan fingerprint density at radius 1 is 1.58 bits per heavy atom. The van der Waals surface area contributed by atoms with E-state index in [1.165, 1.54) is 4.88 Å². The highest BCUT2D eigenvalue weighted by Crippen LogP contribution is 2.21. The first-order valence-corrected chi connectivity index (χ1v) is 7.25. The third kappa shape index (κ3) is 6.10. The monoisotopic (exact) mass is 324 g/mol. The van der Waals surface area contributed by atoms with Crippen LogP contribution in [0, 0.1) is 0 Å². The van der Waals surface area contributed by atoms with Gasteiger partial charge in [0.15, 0.2) is 0 Å². The lowest BCUT2D eigenvalue weighted by Gasteiger charge is -2.23. The number of thiophene rings is 1. The minimum Gasteiger partial charge on any atom is -0.378 e. The molecular weight excluding hydrogens is 307 g/mol. The van der Waals surface area contributed by atoms with Gasteiger partial charge in [0.05, 0.1) is 17.6 Å². The van der Waals surface area contributed by atoms with Crippen molar-refractivity contribution in [3.05, 3.63) is 21.3 Å². The van der Waals surface area contributed by atoms with Gasteiger partial charge in [-0.25, -0.2) is 0 Å². The Hall–Kier alpha value is -0.330. The standard InChI is InChI=1S/C12H17ClN2O2S.ClH/c13-11-2-1-10(18-11)3-4-15-12(16)7-9-8-17-6-5-14-9;/h1-2,9,14H,3-8H2,(H,15,16);1H. The minimum atomic E-state index is 0. The lowest BCUT2D eigenvalue weighted by atomic mass is 10.2. The van der Waals surface area contributed by atoms with Gasteiger partial charge in [-0.1, -0.05) is 11.6 Å². The third-order valence-electron chi connectivity index (χ3n) is 2.75. The Kier molecular flexibility index (Phi) is 7.71. The van der Waals surface area contributed by atoms with Crippen LogP contribution in [0.3, 0.4) is 0 Å². The molecule has 2 heterocycles. The second kappa shape index (κ2) is 8.76. The largest absolute Gasteiger partial charge is 0.378 e. The molecule has 1 aromatic heterocycles. The van der Waals surface area contributed by atoms with Crippen LogP contribution in [-0.4, -0.2) is 38.3 Å². The second-order valence-corrected chi connectivity index (χ2v) is 6.04. The van der Waals surface area contributed by atoms with Crippen LogP contribution in [-0.2, 0) is 16.0 Å². The van der Waals surface area contributed by atoms with E-state index < -0.39 is 0 Å². The molecule has 0 spiro atoms. The normalized spacial score (nSPS) is 18.7. The van der Waals surface area contributed by atoms with Crippen LogP contribution in [0.2, 0.25) is 4.34 Å². The summed E-state index contributed by atoms with van der Waals surface area (Å²) in [4.78, 5) is 12.9. The van der Waals surface area contributed by atoms with Gasteiger partial charge >= 0.3 is 0 Å². The summed E-state index contributed by atoms with van der Waals surface area (Å²) < 4.78 is 6.10. The van der Waals surface area contributed by atoms with Crippen molar-refractivity contribution in [3.63, 3.8) is 0 Å². The number of rotatable bonds is 5. The molecule has 0 radical (unpaired) electrons. The molecule has 2 rings (SSSR count). The summed E-state index contributed by atoms with van der Waals surface area (Å²) in [5.74, 6) is 0.0700. The van der Waals surface area contributed by atoms with E-state index in [1.54, 1.807) is 11.3 Å². The van der Waals surface area contributed by atoms with Crippen LogP contribution in [0.5, 0.6) is 0 Å². The number of halogens is 2. The zero-order valence-electron chi connectivity index (χ0n) is 10.5. The molecule has 4 nitrogen and oxygen atoms in total. The summed E-state index contributed by atoms with van der Waals surface area (Å²) >= 11 is 7.40. The van der Waals surface area contributed by atoms with Crippen molar-refractivity contribution >= 4 is 41.3 Å². The summed E-state index contributed by atoms with van der Waals surface area (Å²) in [5.41, 5.74) is 0. The average Bonchev–Trinajstić information content (AvgIpc) is 2.76. The van der Waals surface area contributed by atoms with Crippen molar-refractivity contribution in [2.24, 2.45) is 0 Å². The highest BCUT2D eigenvalue weighted by molar-refractivity contribution is 7.16. The molecule has 2 N–H and O–H groups in total. The summed E-state index contributed by atoms with van der Waals surface area (Å²) in [6.45, 7) is 2.83. The molecule has 0 saturated carbocycles. The van der Waals surface area contributed by atoms with Crippen LogP contribution in [0.25, 0.3) is 0 Å². The molecule has 1 amide bonds. The maximum Gasteiger partial charge on any atom is 0.221 e. The number of amides is 1. The van der Waals surface area contributed by atoms with Crippen LogP contribution in [0.4, 0.5) is 0 Å². The fourth-order valence-electron chi connectivity index (χ4n) is 1.86. The molecule has 1 aliphatic heterocycles. The molecule has 19 heavy (non-hydrogen) atoms. The van der Waals surface area contributed by atoms with Crippen molar-refractivity contribution in [1.29, 1.82) is 0 Å². The topological polar surface area (TPSA) is 50.4 Å². The first-order valence-electron chi connectivity index (χ1n) is 6.06. The zero-order chi connectivity index (χ0) is 12.8. The van der Waals surface area contributed by atoms with Crippen LogP contribution < -0.4 is 10.6 Å². The molecule has 1 atom stereocenters. The van der Waals surface area contributed by atoms with Crippen LogP contribution in [0.15, 0.2) is 12.1 Å². The van der Waals surface area contributed by atoms with E-state index in [0.29, 0.717) is 19.6 Å². The number of carbonyl (C=O) groups is 1. The highest BCUT2D eigenvalue weighted by Gasteiger charge is 2.16. The van der Waals surface area contributed by atoms with Gasteiger partial charge in [-0.2, -0.15) is 0 Å². The molecule has 1 aromatic rings. The smallest absolute Gasteiger partial charge is 0.221 e. The van der Waals surface area contributed by atoms with E-state index in [-0.39, 0.29) is 24.4 Å². The van der Waals surface area contributed by atoms with Gasteiger partial charge in [0.25, 0.3) is 0 Å². The van der Waals surface area contributed by atoms with Gasteiger partial charge in [-0.15, -0.1) is 23.7 Å². The van der Waals surface area contributed by atoms with Gasteiger partial charge in [-0.05, 0) is 18.6 Å². The Morgan fingerprint density at radius 2 is 2.42 bits per heavy atom. The van der Waals surface area contributed by atoms with Gasteiger partial charge in [0, 0.05) is 30.4 Å². The van der Waals surface area contributed by atoms with E-state index in [4.69, 9.17) is 16.3 Å². The molecule has 0 aliphatic carbocycles. The first-order chi connectivity index (χ1) is 8.74. The van der Waals surface area contributed by atoms with E-state index >= 15 is 0 Å². The van der Waals surface area contributed by atoms with Crippen LogP contribution >= 0.6 is 35.3 Å². The van der Waals surface area contributed by atoms with Crippen molar-refractivity contribution in [1.82, 2.24) is 10.6 Å². The Balaban J connectivity index is 0.00000180. The fraction of sp³-hybridized carbons (Fsp3) is 0.583. The fourth-order valence-corrected chi connectivity index (χ4v) is 2.95. The maximum absolute atomic E-state index is 11.7. The van der Waals surface area contributed by atoms with E-state index in [2.05, 4.69) is 10.6 Å². The summed E-state index contributed by atoms with van der Waals surface area (Å²) in [6.07, 6.45) is 1.31. The van der Waals surface area contributed by atoms with E-state index in [9.17, 15) is 4.79 Å². The Labute approximate surface area is 128 Å². The van der Waals surface area contributed by atoms with Gasteiger partial charge in [0.2, 0.25) is 5.91 Å². The molecule has 0 bridgehead atoms. The SMILES string of the molecule is Cl.O=C(CC1COCCN1)NCCc1ccc(Cl)s1. The molecule has 1 unspecified atom stereocenters. The summed E-state index contributed by atoms with van der Waals surface area (Å²) in [5, 5.41) is 6.18. The Morgan fingerprint density at radius 3 is 3.05 bits per heavy atom. The summed E-state index contributed by atoms with van der Waals surface area (Å²) in [7, 11) is 0. The van der Waals surface area contributed by atoms with Crippen molar-refractivity contribution in [2.45, 2.75) is 18.9 Å². The highest BCUT2D eigenvalue weighted by atomic mass is 35.5.